The minimum absolute atomic E-state index is 0.248. The summed E-state index contributed by atoms with van der Waals surface area (Å²) in [6, 6.07) is 17.4. The number of benzene rings is 2. The Hall–Kier alpha value is -1.61. The number of halogens is 1. The third kappa shape index (κ3) is 3.17. The molecule has 0 N–H and O–H groups in total. The number of carbonyl (C=O) groups excluding carboxylic acids is 1. The summed E-state index contributed by atoms with van der Waals surface area (Å²) in [5, 5.41) is -0.248. The highest BCUT2D eigenvalue weighted by Gasteiger charge is 2.16. The van der Waals surface area contributed by atoms with Gasteiger partial charge >= 0.3 is 0 Å². The molecule has 1 unspecified atom stereocenters. The van der Waals surface area contributed by atoms with Crippen LogP contribution in [-0.2, 0) is 0 Å². The second-order valence-corrected chi connectivity index (χ2v) is 4.52. The van der Waals surface area contributed by atoms with Gasteiger partial charge in [-0.15, -0.1) is 0 Å². The summed E-state index contributed by atoms with van der Waals surface area (Å²) < 4.78 is 13.8. The van der Waals surface area contributed by atoms with Gasteiger partial charge in [-0.1, -0.05) is 60.7 Å². The van der Waals surface area contributed by atoms with Gasteiger partial charge in [0.1, 0.15) is 0 Å². The van der Waals surface area contributed by atoms with E-state index in [1.807, 2.05) is 12.1 Å². The highest BCUT2D eigenvalue weighted by molar-refractivity contribution is 8.14. The zero-order chi connectivity index (χ0) is 12.1. The van der Waals surface area contributed by atoms with E-state index in [4.69, 9.17) is 0 Å². The molecule has 0 saturated carbocycles. The Morgan fingerprint density at radius 1 is 0.941 bits per heavy atom. The van der Waals surface area contributed by atoms with Gasteiger partial charge in [0.2, 0.25) is 5.12 Å². The Bertz CT molecular complexity index is 484. The number of hydrogen-bond donors (Lipinski definition) is 0. The molecule has 0 aromatic heterocycles. The van der Waals surface area contributed by atoms with Gasteiger partial charge in [0.15, 0.2) is 5.50 Å². The monoisotopic (exact) mass is 246 g/mol. The van der Waals surface area contributed by atoms with E-state index in [-0.39, 0.29) is 5.12 Å². The topological polar surface area (TPSA) is 17.1 Å². The maximum atomic E-state index is 13.8. The Morgan fingerprint density at radius 3 is 2.06 bits per heavy atom. The summed E-state index contributed by atoms with van der Waals surface area (Å²) in [5.41, 5.74) is -0.276. The Balaban J connectivity index is 2.05. The van der Waals surface area contributed by atoms with Crippen LogP contribution in [0.25, 0.3) is 0 Å². The Morgan fingerprint density at radius 2 is 1.47 bits per heavy atom. The van der Waals surface area contributed by atoms with Crippen LogP contribution < -0.4 is 0 Å². The van der Waals surface area contributed by atoms with Crippen LogP contribution in [-0.4, -0.2) is 5.12 Å². The largest absolute Gasteiger partial charge is 0.281 e. The molecule has 0 amide bonds. The minimum atomic E-state index is -1.32. The van der Waals surface area contributed by atoms with Crippen LogP contribution in [0.2, 0.25) is 0 Å². The lowest BCUT2D eigenvalue weighted by molar-refractivity contribution is 0.108. The summed E-state index contributed by atoms with van der Waals surface area (Å²) in [4.78, 5) is 11.8. The first kappa shape index (κ1) is 11.9. The molecule has 0 fully saturated rings. The van der Waals surface area contributed by atoms with Gasteiger partial charge in [-0.2, -0.15) is 0 Å². The molecule has 0 aliphatic rings. The molecule has 0 saturated heterocycles. The molecule has 86 valence electrons. The van der Waals surface area contributed by atoms with Crippen LogP contribution in [0.15, 0.2) is 60.7 Å². The van der Waals surface area contributed by atoms with Gasteiger partial charge in [0, 0.05) is 5.56 Å². The molecule has 0 aliphatic heterocycles. The predicted octanol–water partition coefficient (Wildman–Crippen LogP) is 4.23. The Labute approximate surface area is 104 Å². The van der Waals surface area contributed by atoms with Gasteiger partial charge in [0.25, 0.3) is 0 Å². The van der Waals surface area contributed by atoms with Crippen LogP contribution in [0, 0.1) is 0 Å². The molecule has 2 aromatic rings. The first-order valence-corrected chi connectivity index (χ1v) is 6.10. The Kier molecular flexibility index (Phi) is 3.94. The molecule has 0 aliphatic carbocycles. The number of carbonyl (C=O) groups is 1. The normalized spacial score (nSPS) is 12.1. The molecular formula is C14H11FOS. The van der Waals surface area contributed by atoms with Gasteiger partial charge in [-0.25, -0.2) is 4.39 Å². The highest BCUT2D eigenvalue weighted by atomic mass is 32.2. The van der Waals surface area contributed by atoms with Gasteiger partial charge in [0.05, 0.1) is 0 Å². The second kappa shape index (κ2) is 5.64. The van der Waals surface area contributed by atoms with E-state index >= 15 is 0 Å². The fourth-order valence-corrected chi connectivity index (χ4v) is 2.16. The van der Waals surface area contributed by atoms with Crippen molar-refractivity contribution in [3.05, 3.63) is 71.8 Å². The van der Waals surface area contributed by atoms with Crippen molar-refractivity contribution >= 4 is 16.9 Å². The molecular weight excluding hydrogens is 235 g/mol. The zero-order valence-corrected chi connectivity index (χ0v) is 9.86. The zero-order valence-electron chi connectivity index (χ0n) is 9.05. The molecule has 1 nitrogen and oxygen atoms in total. The van der Waals surface area contributed by atoms with E-state index in [1.54, 1.807) is 48.5 Å². The summed E-state index contributed by atoms with van der Waals surface area (Å²) in [6.45, 7) is 0. The molecule has 2 rings (SSSR count). The van der Waals surface area contributed by atoms with Crippen LogP contribution in [0.5, 0.6) is 0 Å². The predicted molar refractivity (Wildman–Crippen MR) is 68.7 cm³/mol. The summed E-state index contributed by atoms with van der Waals surface area (Å²) in [6.07, 6.45) is 0. The van der Waals surface area contributed by atoms with E-state index < -0.39 is 5.50 Å². The highest BCUT2D eigenvalue weighted by Crippen LogP contribution is 2.32. The summed E-state index contributed by atoms with van der Waals surface area (Å²) in [5.74, 6) is 0. The molecule has 1 atom stereocenters. The standard InChI is InChI=1S/C14H11FOS/c15-13(11-7-3-1-4-8-11)17-14(16)12-9-5-2-6-10-12/h1-10,13H. The molecule has 0 bridgehead atoms. The van der Waals surface area contributed by atoms with Crippen molar-refractivity contribution in [1.29, 1.82) is 0 Å². The lowest BCUT2D eigenvalue weighted by Crippen LogP contribution is -1.96. The van der Waals surface area contributed by atoms with Crippen LogP contribution in [0.4, 0.5) is 4.39 Å². The molecule has 17 heavy (non-hydrogen) atoms. The lowest BCUT2D eigenvalue weighted by Gasteiger charge is -2.06. The fraction of sp³-hybridized carbons (Fsp3) is 0.0714. The summed E-state index contributed by atoms with van der Waals surface area (Å²) in [7, 11) is 0. The van der Waals surface area contributed by atoms with Crippen molar-refractivity contribution in [1.82, 2.24) is 0 Å². The minimum Gasteiger partial charge on any atom is -0.281 e. The fourth-order valence-electron chi connectivity index (χ4n) is 1.41. The van der Waals surface area contributed by atoms with E-state index in [0.717, 1.165) is 0 Å². The third-order valence-corrected chi connectivity index (χ3v) is 3.21. The maximum absolute atomic E-state index is 13.8. The van der Waals surface area contributed by atoms with Gasteiger partial charge in [-0.3, -0.25) is 4.79 Å². The molecule has 0 radical (unpaired) electrons. The second-order valence-electron chi connectivity index (χ2n) is 3.50. The number of rotatable bonds is 3. The molecule has 2 aromatic carbocycles. The van der Waals surface area contributed by atoms with Crippen molar-refractivity contribution in [2.45, 2.75) is 5.50 Å². The lowest BCUT2D eigenvalue weighted by atomic mass is 10.2. The first-order chi connectivity index (χ1) is 8.27. The van der Waals surface area contributed by atoms with E-state index in [1.165, 1.54) is 0 Å². The van der Waals surface area contributed by atoms with Crippen molar-refractivity contribution in [2.75, 3.05) is 0 Å². The van der Waals surface area contributed by atoms with Crippen LogP contribution in [0.3, 0.4) is 0 Å². The number of thioether (sulfide) groups is 1. The number of hydrogen-bond acceptors (Lipinski definition) is 2. The average molecular weight is 246 g/mol. The molecule has 3 heteroatoms. The van der Waals surface area contributed by atoms with E-state index in [0.29, 0.717) is 22.9 Å². The van der Waals surface area contributed by atoms with Gasteiger partial charge in [-0.05, 0) is 17.3 Å². The third-order valence-electron chi connectivity index (χ3n) is 2.28. The van der Waals surface area contributed by atoms with Crippen molar-refractivity contribution < 1.29 is 9.18 Å². The smallest absolute Gasteiger partial charge is 0.222 e. The average Bonchev–Trinajstić information content (AvgIpc) is 2.40. The van der Waals surface area contributed by atoms with Crippen LogP contribution in [0.1, 0.15) is 21.4 Å². The summed E-state index contributed by atoms with van der Waals surface area (Å²) >= 11 is 0.700. The van der Waals surface area contributed by atoms with E-state index in [9.17, 15) is 9.18 Å². The van der Waals surface area contributed by atoms with Crippen molar-refractivity contribution in [3.63, 3.8) is 0 Å². The van der Waals surface area contributed by atoms with Crippen molar-refractivity contribution in [3.8, 4) is 0 Å². The van der Waals surface area contributed by atoms with E-state index in [2.05, 4.69) is 0 Å². The SMILES string of the molecule is O=C(SC(F)c1ccccc1)c1ccccc1. The first-order valence-electron chi connectivity index (χ1n) is 5.22. The van der Waals surface area contributed by atoms with Crippen molar-refractivity contribution in [2.24, 2.45) is 0 Å². The van der Waals surface area contributed by atoms with Gasteiger partial charge < -0.3 is 0 Å². The maximum Gasteiger partial charge on any atom is 0.222 e. The van der Waals surface area contributed by atoms with Crippen LogP contribution >= 0.6 is 11.8 Å². The number of alkyl halides is 1. The molecule has 0 heterocycles. The quantitative estimate of drug-likeness (QED) is 0.806. The molecule has 0 spiro atoms.